The lowest BCUT2D eigenvalue weighted by molar-refractivity contribution is -0.148. The number of rotatable bonds is 17. The van der Waals surface area contributed by atoms with Crippen molar-refractivity contribution in [3.05, 3.63) is 89.5 Å². The number of carboxylic acid groups (broad SMARTS) is 1. The largest absolute Gasteiger partial charge is 0.481 e. The SMILES string of the molecule is C=C1C(=O)OCCCCOC(=O)C(C)S(=O)(=O)C1c1ccccc1.CCSC(=S)SC(C)(C)OC=O.CSC(=S)SC(C)C(=O)OCCCCOC(=O)/C(=C/c1ccccc1)CC(C)(C)C(=O)O. The lowest BCUT2D eigenvalue weighted by Gasteiger charge is -2.23. The summed E-state index contributed by atoms with van der Waals surface area (Å²) in [5.74, 6) is -2.51. The van der Waals surface area contributed by atoms with Crippen molar-refractivity contribution in [3.8, 4) is 0 Å². The number of cyclic esters (lactones) is 2. The molecule has 2 aromatic rings. The van der Waals surface area contributed by atoms with E-state index in [0.717, 1.165) is 14.8 Å². The first kappa shape index (κ1) is 62.3. The minimum Gasteiger partial charge on any atom is -0.481 e. The Morgan fingerprint density at radius 3 is 2.03 bits per heavy atom. The van der Waals surface area contributed by atoms with Crippen molar-refractivity contribution in [2.24, 2.45) is 5.41 Å². The van der Waals surface area contributed by atoms with Gasteiger partial charge in [-0.15, -0.1) is 23.5 Å². The summed E-state index contributed by atoms with van der Waals surface area (Å²) in [6.07, 6.45) is 5.63. The molecular weight excluding hydrogens is 1010 g/mol. The molecule has 1 saturated heterocycles. The van der Waals surface area contributed by atoms with Gasteiger partial charge >= 0.3 is 29.8 Å². The van der Waals surface area contributed by atoms with Crippen LogP contribution in [0.3, 0.4) is 0 Å². The monoisotopic (exact) mass is 1070 g/mol. The molecule has 0 spiro atoms. The van der Waals surface area contributed by atoms with Crippen LogP contribution in [0.1, 0.15) is 96.9 Å². The van der Waals surface area contributed by atoms with Gasteiger partial charge in [0.15, 0.2) is 20.0 Å². The van der Waals surface area contributed by atoms with E-state index in [4.69, 9.17) is 48.1 Å². The van der Waals surface area contributed by atoms with Gasteiger partial charge in [0.2, 0.25) is 0 Å². The molecule has 3 rings (SSSR count). The molecule has 1 aliphatic rings. The molecule has 376 valence electrons. The fourth-order valence-electron chi connectivity index (χ4n) is 5.38. The van der Waals surface area contributed by atoms with Crippen LogP contribution in [0.2, 0.25) is 0 Å². The number of carboxylic acids is 1. The number of ether oxygens (including phenoxy) is 5. The van der Waals surface area contributed by atoms with Crippen molar-refractivity contribution >= 4 is 131 Å². The first-order valence-electron chi connectivity index (χ1n) is 21.3. The summed E-state index contributed by atoms with van der Waals surface area (Å²) in [6, 6.07) is 17.4. The van der Waals surface area contributed by atoms with Crippen LogP contribution in [-0.2, 0) is 62.3 Å². The van der Waals surface area contributed by atoms with Gasteiger partial charge in [-0.2, -0.15) is 0 Å². The minimum atomic E-state index is -4.09. The lowest BCUT2D eigenvalue weighted by atomic mass is 9.85. The molecule has 0 aliphatic carbocycles. The molecule has 1 fully saturated rings. The van der Waals surface area contributed by atoms with Crippen molar-refractivity contribution in [2.45, 2.75) is 101 Å². The molecule has 3 atom stereocenters. The van der Waals surface area contributed by atoms with Crippen LogP contribution in [0.5, 0.6) is 0 Å². The molecule has 3 unspecified atom stereocenters. The lowest BCUT2D eigenvalue weighted by Crippen LogP contribution is -2.35. The van der Waals surface area contributed by atoms with Crippen LogP contribution in [0.4, 0.5) is 0 Å². The Morgan fingerprint density at radius 2 is 1.49 bits per heavy atom. The van der Waals surface area contributed by atoms with Crippen molar-refractivity contribution in [3.63, 3.8) is 0 Å². The molecular formula is C47H62O14S7. The van der Waals surface area contributed by atoms with Crippen LogP contribution in [0, 0.1) is 5.41 Å². The Hall–Kier alpha value is -3.73. The van der Waals surface area contributed by atoms with E-state index < -0.39 is 54.6 Å². The predicted octanol–water partition coefficient (Wildman–Crippen LogP) is 9.84. The molecule has 0 saturated carbocycles. The van der Waals surface area contributed by atoms with Crippen LogP contribution < -0.4 is 0 Å². The number of carbonyl (C=O) groups excluding carboxylic acids is 5. The standard InChI is InChI=1S/C23H30O6S3.C17H20O6S.C7H12O2S3/c1-16(32-22(30)31-4)19(24)28-12-8-9-13-29-20(25)18(15-23(2,3)21(26)27)14-17-10-6-5-7-11-17;1-12-15(14-8-4-3-5-9-14)24(20,21)13(2)17(19)23-11-7-6-10-22-16(12)18;1-4-11-6(10)12-7(2,3)9-5-8/h5-7,10-11,14,16H,8-9,12-13,15H2,1-4H3,(H,26,27);3-5,8-9,13,15H,1,6-7,10-11H2,2H3;5H,4H2,1-3H3/b18-14+;;. The van der Waals surface area contributed by atoms with E-state index in [-0.39, 0.29) is 49.6 Å². The van der Waals surface area contributed by atoms with Gasteiger partial charge in [0.1, 0.15) is 17.6 Å². The van der Waals surface area contributed by atoms with Crippen molar-refractivity contribution < 1.29 is 66.0 Å². The third kappa shape index (κ3) is 23.7. The second-order valence-corrected chi connectivity index (χ2v) is 25.4. The van der Waals surface area contributed by atoms with Crippen molar-refractivity contribution in [1.82, 2.24) is 0 Å². The summed E-state index contributed by atoms with van der Waals surface area (Å²) >= 11 is 15.8. The maximum atomic E-state index is 12.9. The van der Waals surface area contributed by atoms with Gasteiger partial charge in [-0.1, -0.05) is 122 Å². The number of thioether (sulfide) groups is 4. The summed E-state index contributed by atoms with van der Waals surface area (Å²) in [4.78, 5) is 69.9. The number of esters is 4. The molecule has 0 aromatic heterocycles. The first-order chi connectivity index (χ1) is 31.9. The third-order valence-electron chi connectivity index (χ3n) is 9.18. The van der Waals surface area contributed by atoms with Gasteiger partial charge in [0.25, 0.3) is 6.47 Å². The Balaban J connectivity index is 0.000000562. The number of thiocarbonyl (C=S) groups is 2. The third-order valence-corrected chi connectivity index (χ3v) is 16.7. The molecule has 21 heteroatoms. The maximum Gasteiger partial charge on any atom is 0.335 e. The number of carbonyl (C=O) groups is 6. The number of benzene rings is 2. The maximum absolute atomic E-state index is 12.9. The van der Waals surface area contributed by atoms with E-state index in [1.807, 2.05) is 57.4 Å². The predicted molar refractivity (Wildman–Crippen MR) is 282 cm³/mol. The smallest absolute Gasteiger partial charge is 0.335 e. The molecule has 14 nitrogen and oxygen atoms in total. The van der Waals surface area contributed by atoms with Gasteiger partial charge in [-0.25, -0.2) is 18.0 Å². The van der Waals surface area contributed by atoms with E-state index in [2.05, 4.69) is 6.58 Å². The number of hydrogen-bond donors (Lipinski definition) is 1. The fourth-order valence-corrected chi connectivity index (χ4v) is 11.7. The first-order valence-corrected chi connectivity index (χ1v) is 27.6. The van der Waals surface area contributed by atoms with Crippen molar-refractivity contribution in [1.29, 1.82) is 0 Å². The Bertz CT molecular complexity index is 2140. The van der Waals surface area contributed by atoms with E-state index in [1.165, 1.54) is 42.2 Å². The van der Waals surface area contributed by atoms with Crippen LogP contribution >= 0.6 is 71.5 Å². The molecule has 1 aliphatic heterocycles. The highest BCUT2D eigenvalue weighted by Gasteiger charge is 2.41. The number of hydrogen-bond acceptors (Lipinski definition) is 19. The number of unbranched alkanes of at least 4 members (excludes halogenated alkanes) is 1. The summed E-state index contributed by atoms with van der Waals surface area (Å²) < 4.78 is 52.9. The zero-order chi connectivity index (χ0) is 51.5. The molecule has 68 heavy (non-hydrogen) atoms. The summed E-state index contributed by atoms with van der Waals surface area (Å²) in [5, 5.41) is 6.30. The Morgan fingerprint density at radius 1 is 0.926 bits per heavy atom. The van der Waals surface area contributed by atoms with Crippen molar-refractivity contribution in [2.75, 3.05) is 38.4 Å². The molecule has 0 radical (unpaired) electrons. The van der Waals surface area contributed by atoms with Crippen LogP contribution in [-0.4, -0.2) is 111 Å². The zero-order valence-electron chi connectivity index (χ0n) is 39.6. The van der Waals surface area contributed by atoms with Crippen LogP contribution in [0.25, 0.3) is 6.08 Å². The highest BCUT2D eigenvalue weighted by molar-refractivity contribution is 8.47. The van der Waals surface area contributed by atoms with Gasteiger partial charge in [0.05, 0.1) is 37.4 Å². The van der Waals surface area contributed by atoms with E-state index in [0.29, 0.717) is 46.8 Å². The molecule has 0 bridgehead atoms. The molecule has 1 heterocycles. The normalized spacial score (nSPS) is 17.0. The van der Waals surface area contributed by atoms with Gasteiger partial charge in [-0.3, -0.25) is 19.2 Å². The second-order valence-electron chi connectivity index (χ2n) is 15.6. The van der Waals surface area contributed by atoms with Crippen LogP contribution in [0.15, 0.2) is 78.4 Å². The second kappa shape index (κ2) is 32.2. The average molecular weight is 1080 g/mol. The van der Waals surface area contributed by atoms with E-state index in [1.54, 1.807) is 68.9 Å². The fraction of sp³-hybridized carbons (Fsp3) is 0.489. The highest BCUT2D eigenvalue weighted by Crippen LogP contribution is 2.34. The highest BCUT2D eigenvalue weighted by atomic mass is 32.2. The summed E-state index contributed by atoms with van der Waals surface area (Å²) in [6.45, 7) is 16.5. The summed E-state index contributed by atoms with van der Waals surface area (Å²) in [5.41, 5.74) is 0.130. The Labute approximate surface area is 428 Å². The number of aliphatic carboxylic acids is 1. The van der Waals surface area contributed by atoms with Gasteiger partial charge in [-0.05, 0) is 103 Å². The van der Waals surface area contributed by atoms with Gasteiger partial charge in [0, 0.05) is 5.57 Å². The van der Waals surface area contributed by atoms with E-state index in [9.17, 15) is 42.3 Å². The average Bonchev–Trinajstić information content (AvgIpc) is 3.28. The summed E-state index contributed by atoms with van der Waals surface area (Å²) in [7, 11) is -4.09. The topological polar surface area (TPSA) is 203 Å². The zero-order valence-corrected chi connectivity index (χ0v) is 45.3. The molecule has 0 amide bonds. The molecule has 1 N–H and O–H groups in total. The number of sulfone groups is 1. The van der Waals surface area contributed by atoms with E-state index >= 15 is 0 Å². The quantitative estimate of drug-likeness (QED) is 0.0298. The molecule has 2 aromatic carbocycles. The van der Waals surface area contributed by atoms with Gasteiger partial charge < -0.3 is 28.8 Å². The Kier molecular flexibility index (Phi) is 29.5. The minimum absolute atomic E-state index is 0.0428.